The lowest BCUT2D eigenvalue weighted by Crippen LogP contribution is -2.51. The molecule has 0 aromatic carbocycles. The lowest BCUT2D eigenvalue weighted by atomic mass is 9.47. The molecule has 0 heterocycles. The first kappa shape index (κ1) is 17.6. The number of carbonyl (C=O) groups is 1. The summed E-state index contributed by atoms with van der Waals surface area (Å²) in [5.41, 5.74) is 2.00. The molecule has 3 heteroatoms. The largest absolute Gasteiger partial charge is 0.481 e. The smallest absolute Gasteiger partial charge is 0.306 e. The van der Waals surface area contributed by atoms with Crippen LogP contribution in [-0.4, -0.2) is 22.3 Å². The predicted molar refractivity (Wildman–Crippen MR) is 98.0 cm³/mol. The minimum absolute atomic E-state index is 0.142. The molecule has 4 unspecified atom stereocenters. The Hall–Kier alpha value is -0.830. The molecule has 3 nitrogen and oxygen atoms in total. The zero-order chi connectivity index (χ0) is 18.0. The third-order valence-electron chi connectivity index (χ3n) is 9.14. The molecule has 4 rings (SSSR count). The fourth-order valence-corrected chi connectivity index (χ4v) is 7.68. The molecule has 0 aromatic heterocycles. The molecular weight excluding hydrogens is 312 g/mol. The molecule has 8 atom stereocenters. The molecule has 0 aromatic rings. The highest BCUT2D eigenvalue weighted by Gasteiger charge is 2.59. The van der Waals surface area contributed by atoms with Gasteiger partial charge in [-0.25, -0.2) is 0 Å². The van der Waals surface area contributed by atoms with Gasteiger partial charge in [-0.15, -0.1) is 0 Å². The first-order valence-electron chi connectivity index (χ1n) is 10.4. The molecule has 3 saturated carbocycles. The van der Waals surface area contributed by atoms with Crippen molar-refractivity contribution in [2.24, 2.45) is 40.4 Å². The average molecular weight is 347 g/mol. The number of fused-ring (bicyclic) bond motifs is 5. The van der Waals surface area contributed by atoms with Crippen molar-refractivity contribution in [3.63, 3.8) is 0 Å². The molecular formula is C22H34O3. The van der Waals surface area contributed by atoms with Crippen molar-refractivity contribution in [3.05, 3.63) is 11.6 Å². The Balaban J connectivity index is 1.63. The molecule has 0 saturated heterocycles. The summed E-state index contributed by atoms with van der Waals surface area (Å²) in [5, 5.41) is 19.7. The number of aliphatic carboxylic acids is 1. The third kappa shape index (κ3) is 2.44. The van der Waals surface area contributed by atoms with E-state index < -0.39 is 5.97 Å². The van der Waals surface area contributed by atoms with E-state index in [1.165, 1.54) is 24.8 Å². The van der Waals surface area contributed by atoms with Crippen molar-refractivity contribution in [2.75, 3.05) is 0 Å². The molecule has 0 bridgehead atoms. The highest BCUT2D eigenvalue weighted by atomic mass is 16.4. The van der Waals surface area contributed by atoms with E-state index in [9.17, 15) is 15.0 Å². The fraction of sp³-hybridized carbons (Fsp3) is 0.864. The predicted octanol–water partition coefficient (Wildman–Crippen LogP) is 4.65. The quantitative estimate of drug-likeness (QED) is 0.716. The van der Waals surface area contributed by atoms with Crippen molar-refractivity contribution in [2.45, 2.75) is 78.2 Å². The van der Waals surface area contributed by atoms with Crippen LogP contribution in [0, 0.1) is 40.4 Å². The standard InChI is InChI=1S/C22H34O3/c1-13(20(24)25)17-6-7-18-16-5-4-14-12-15(23)8-10-21(14,2)19(16)9-11-22(17,18)3/h4,13,15-19,23H,5-12H2,1-3H3,(H,24,25)/t13-,15+,16?,17?,18?,19?,21-,22+/m0/s1. The van der Waals surface area contributed by atoms with E-state index in [2.05, 4.69) is 19.9 Å². The topological polar surface area (TPSA) is 57.5 Å². The number of aliphatic hydroxyl groups is 1. The Morgan fingerprint density at radius 2 is 1.92 bits per heavy atom. The molecule has 4 aliphatic rings. The average Bonchev–Trinajstić information content (AvgIpc) is 2.92. The second-order valence-corrected chi connectivity index (χ2v) is 10.0. The van der Waals surface area contributed by atoms with Gasteiger partial charge in [0, 0.05) is 0 Å². The van der Waals surface area contributed by atoms with Crippen molar-refractivity contribution >= 4 is 5.97 Å². The SMILES string of the molecule is C[C@H](C(=O)O)C1CCC2C3CC=C4C[C@H](O)CC[C@]4(C)C3CC[C@@]21C. The first-order valence-corrected chi connectivity index (χ1v) is 10.4. The van der Waals surface area contributed by atoms with E-state index in [4.69, 9.17) is 0 Å². The van der Waals surface area contributed by atoms with Gasteiger partial charge in [0.25, 0.3) is 0 Å². The number of carboxylic acids is 1. The van der Waals surface area contributed by atoms with Gasteiger partial charge in [0.05, 0.1) is 12.0 Å². The van der Waals surface area contributed by atoms with E-state index in [-0.39, 0.29) is 22.9 Å². The van der Waals surface area contributed by atoms with E-state index in [0.717, 1.165) is 38.0 Å². The fourth-order valence-electron chi connectivity index (χ4n) is 7.68. The second kappa shape index (κ2) is 5.84. The van der Waals surface area contributed by atoms with Crippen LogP contribution >= 0.6 is 0 Å². The molecule has 4 aliphatic carbocycles. The van der Waals surface area contributed by atoms with Crippen molar-refractivity contribution < 1.29 is 15.0 Å². The molecule has 140 valence electrons. The highest BCUT2D eigenvalue weighted by Crippen LogP contribution is 2.67. The van der Waals surface area contributed by atoms with Gasteiger partial charge in [0.15, 0.2) is 0 Å². The summed E-state index contributed by atoms with van der Waals surface area (Å²) < 4.78 is 0. The summed E-state index contributed by atoms with van der Waals surface area (Å²) >= 11 is 0. The normalized spacial score (nSPS) is 50.2. The van der Waals surface area contributed by atoms with Gasteiger partial charge in [-0.05, 0) is 85.9 Å². The lowest BCUT2D eigenvalue weighted by Gasteiger charge is -2.58. The number of hydrogen-bond donors (Lipinski definition) is 2. The van der Waals surface area contributed by atoms with Crippen LogP contribution in [0.3, 0.4) is 0 Å². The Labute approximate surface area is 151 Å². The van der Waals surface area contributed by atoms with Crippen molar-refractivity contribution in [1.29, 1.82) is 0 Å². The van der Waals surface area contributed by atoms with Gasteiger partial charge < -0.3 is 10.2 Å². The number of carboxylic acid groups (broad SMARTS) is 1. The molecule has 0 amide bonds. The van der Waals surface area contributed by atoms with Gasteiger partial charge in [-0.3, -0.25) is 4.79 Å². The van der Waals surface area contributed by atoms with Crippen molar-refractivity contribution in [3.8, 4) is 0 Å². The number of rotatable bonds is 2. The zero-order valence-corrected chi connectivity index (χ0v) is 16.0. The lowest BCUT2D eigenvalue weighted by molar-refractivity contribution is -0.146. The number of hydrogen-bond acceptors (Lipinski definition) is 2. The molecule has 0 spiro atoms. The maximum atomic E-state index is 11.6. The van der Waals surface area contributed by atoms with Crippen LogP contribution in [0.1, 0.15) is 72.1 Å². The second-order valence-electron chi connectivity index (χ2n) is 10.0. The van der Waals surface area contributed by atoms with Crippen LogP contribution < -0.4 is 0 Å². The highest BCUT2D eigenvalue weighted by molar-refractivity contribution is 5.70. The summed E-state index contributed by atoms with van der Waals surface area (Å²) in [6.07, 6.45) is 11.1. The van der Waals surface area contributed by atoms with Crippen LogP contribution in [0.15, 0.2) is 11.6 Å². The van der Waals surface area contributed by atoms with Gasteiger partial charge in [0.1, 0.15) is 0 Å². The molecule has 2 N–H and O–H groups in total. The summed E-state index contributed by atoms with van der Waals surface area (Å²) in [5.74, 6) is 1.63. The number of aliphatic hydroxyl groups excluding tert-OH is 1. The zero-order valence-electron chi connectivity index (χ0n) is 16.0. The van der Waals surface area contributed by atoms with Gasteiger partial charge >= 0.3 is 5.97 Å². The maximum absolute atomic E-state index is 11.6. The number of allylic oxidation sites excluding steroid dienone is 1. The van der Waals surface area contributed by atoms with Crippen LogP contribution in [0.25, 0.3) is 0 Å². The Morgan fingerprint density at radius 3 is 2.64 bits per heavy atom. The van der Waals surface area contributed by atoms with E-state index in [1.807, 2.05) is 6.92 Å². The van der Waals surface area contributed by atoms with E-state index in [1.54, 1.807) is 0 Å². The van der Waals surface area contributed by atoms with Crippen LogP contribution in [-0.2, 0) is 4.79 Å². The Kier molecular flexibility index (Phi) is 4.10. The van der Waals surface area contributed by atoms with Gasteiger partial charge in [-0.1, -0.05) is 32.4 Å². The minimum Gasteiger partial charge on any atom is -0.481 e. The third-order valence-corrected chi connectivity index (χ3v) is 9.14. The molecule has 25 heavy (non-hydrogen) atoms. The van der Waals surface area contributed by atoms with Gasteiger partial charge in [-0.2, -0.15) is 0 Å². The van der Waals surface area contributed by atoms with E-state index in [0.29, 0.717) is 17.8 Å². The van der Waals surface area contributed by atoms with Crippen molar-refractivity contribution in [1.82, 2.24) is 0 Å². The monoisotopic (exact) mass is 346 g/mol. The minimum atomic E-state index is -0.618. The van der Waals surface area contributed by atoms with Gasteiger partial charge in [0.2, 0.25) is 0 Å². The summed E-state index contributed by atoms with van der Waals surface area (Å²) in [4.78, 5) is 11.6. The van der Waals surface area contributed by atoms with E-state index >= 15 is 0 Å². The maximum Gasteiger partial charge on any atom is 0.306 e. The molecule has 3 fully saturated rings. The Morgan fingerprint density at radius 1 is 1.16 bits per heavy atom. The summed E-state index contributed by atoms with van der Waals surface area (Å²) in [6, 6.07) is 0. The van der Waals surface area contributed by atoms with Crippen LogP contribution in [0.2, 0.25) is 0 Å². The summed E-state index contributed by atoms with van der Waals surface area (Å²) in [6.45, 7) is 6.78. The summed E-state index contributed by atoms with van der Waals surface area (Å²) in [7, 11) is 0. The molecule has 0 aliphatic heterocycles. The molecule has 0 radical (unpaired) electrons. The first-order chi connectivity index (χ1) is 11.8. The van der Waals surface area contributed by atoms with Crippen LogP contribution in [0.4, 0.5) is 0 Å². The van der Waals surface area contributed by atoms with Crippen LogP contribution in [0.5, 0.6) is 0 Å². The Bertz CT molecular complexity index is 596.